The maximum atomic E-state index is 11.1. The van der Waals surface area contributed by atoms with Gasteiger partial charge >= 0.3 is 11.4 Å². The van der Waals surface area contributed by atoms with Crippen LogP contribution in [0.3, 0.4) is 0 Å². The Morgan fingerprint density at radius 3 is 2.62 bits per heavy atom. The first kappa shape index (κ1) is 11.1. The van der Waals surface area contributed by atoms with Gasteiger partial charge in [0, 0.05) is 4.47 Å². The standard InChI is InChI=1S/C9H5BrClN3O2/c10-4-2-1-3-5(11)6(4)7-12-8(15)14-9(16)13-7/h1-3H,(H2,12,13,14,15,16). The summed E-state index contributed by atoms with van der Waals surface area (Å²) < 4.78 is 0.647. The second-order valence-corrected chi connectivity index (χ2v) is 4.20. The molecule has 1 heterocycles. The highest BCUT2D eigenvalue weighted by molar-refractivity contribution is 9.10. The van der Waals surface area contributed by atoms with E-state index >= 15 is 0 Å². The first-order valence-electron chi connectivity index (χ1n) is 4.23. The largest absolute Gasteiger partial charge is 0.351 e. The summed E-state index contributed by atoms with van der Waals surface area (Å²) in [7, 11) is 0. The summed E-state index contributed by atoms with van der Waals surface area (Å²) >= 11 is 9.24. The van der Waals surface area contributed by atoms with E-state index in [9.17, 15) is 9.59 Å². The molecule has 0 unspecified atom stereocenters. The molecule has 0 amide bonds. The number of aromatic nitrogens is 3. The second kappa shape index (κ2) is 4.23. The number of H-pyrrole nitrogens is 2. The zero-order chi connectivity index (χ0) is 11.7. The number of hydrogen-bond acceptors (Lipinski definition) is 3. The molecular weight excluding hydrogens is 297 g/mol. The average molecular weight is 303 g/mol. The third-order valence-corrected chi connectivity index (χ3v) is 2.84. The van der Waals surface area contributed by atoms with Crippen LogP contribution in [-0.4, -0.2) is 15.0 Å². The Kier molecular flexibility index (Phi) is 2.93. The van der Waals surface area contributed by atoms with Crippen molar-refractivity contribution in [2.24, 2.45) is 0 Å². The first-order valence-corrected chi connectivity index (χ1v) is 5.40. The van der Waals surface area contributed by atoms with Crippen LogP contribution in [0.1, 0.15) is 0 Å². The van der Waals surface area contributed by atoms with Gasteiger partial charge in [-0.05, 0) is 28.1 Å². The number of nitrogens with one attached hydrogen (secondary N) is 2. The fourth-order valence-corrected chi connectivity index (χ4v) is 2.17. The summed E-state index contributed by atoms with van der Waals surface area (Å²) in [5.41, 5.74) is -0.861. The smallest absolute Gasteiger partial charge is 0.291 e. The van der Waals surface area contributed by atoms with Gasteiger partial charge in [-0.15, -0.1) is 0 Å². The zero-order valence-electron chi connectivity index (χ0n) is 7.75. The lowest BCUT2D eigenvalue weighted by atomic mass is 10.2. The summed E-state index contributed by atoms with van der Waals surface area (Å²) in [5.74, 6) is 0.131. The van der Waals surface area contributed by atoms with Gasteiger partial charge in [0.15, 0.2) is 0 Å². The molecule has 0 saturated heterocycles. The fraction of sp³-hybridized carbons (Fsp3) is 0. The van der Waals surface area contributed by atoms with Crippen LogP contribution in [0.5, 0.6) is 0 Å². The molecule has 82 valence electrons. The van der Waals surface area contributed by atoms with E-state index in [4.69, 9.17) is 11.6 Å². The number of hydrogen-bond donors (Lipinski definition) is 2. The first-order chi connectivity index (χ1) is 7.58. The number of nitrogens with zero attached hydrogens (tertiary/aromatic N) is 1. The Balaban J connectivity index is 2.77. The molecule has 7 heteroatoms. The van der Waals surface area contributed by atoms with Gasteiger partial charge in [-0.25, -0.2) is 9.59 Å². The molecule has 1 aromatic heterocycles. The van der Waals surface area contributed by atoms with Crippen LogP contribution < -0.4 is 11.4 Å². The molecule has 1 aromatic carbocycles. The van der Waals surface area contributed by atoms with Gasteiger partial charge in [-0.2, -0.15) is 4.98 Å². The minimum Gasteiger partial charge on any atom is -0.291 e. The Morgan fingerprint density at radius 1 is 1.25 bits per heavy atom. The quantitative estimate of drug-likeness (QED) is 0.838. The lowest BCUT2D eigenvalue weighted by Gasteiger charge is -2.04. The number of halogens is 2. The Bertz CT molecular complexity index is 601. The molecule has 0 aliphatic carbocycles. The van der Waals surface area contributed by atoms with Crippen LogP contribution in [0, 0.1) is 0 Å². The SMILES string of the molecule is O=c1nc(-c2c(Cl)cccc2Br)[nH]c(=O)[nH]1. The summed E-state index contributed by atoms with van der Waals surface area (Å²) in [6.07, 6.45) is 0. The second-order valence-electron chi connectivity index (χ2n) is 2.94. The summed E-state index contributed by atoms with van der Waals surface area (Å²) in [6, 6.07) is 5.12. The molecule has 2 N–H and O–H groups in total. The molecule has 0 aliphatic rings. The molecule has 0 bridgehead atoms. The van der Waals surface area contributed by atoms with Crippen molar-refractivity contribution in [2.45, 2.75) is 0 Å². The van der Waals surface area contributed by atoms with Crippen LogP contribution in [0.4, 0.5) is 0 Å². The molecule has 0 aliphatic heterocycles. The van der Waals surface area contributed by atoms with Gasteiger partial charge in [0.25, 0.3) is 0 Å². The maximum absolute atomic E-state index is 11.1. The number of rotatable bonds is 1. The molecule has 5 nitrogen and oxygen atoms in total. The summed E-state index contributed by atoms with van der Waals surface area (Å²) in [4.78, 5) is 30.2. The Hall–Kier alpha value is -1.40. The number of aromatic amines is 2. The molecule has 0 radical (unpaired) electrons. The third-order valence-electron chi connectivity index (χ3n) is 1.87. The van der Waals surface area contributed by atoms with E-state index in [2.05, 4.69) is 25.9 Å². The van der Waals surface area contributed by atoms with Gasteiger partial charge in [0.2, 0.25) is 0 Å². The predicted octanol–water partition coefficient (Wildman–Crippen LogP) is 1.54. The van der Waals surface area contributed by atoms with E-state index in [1.54, 1.807) is 18.2 Å². The highest BCUT2D eigenvalue weighted by atomic mass is 79.9. The highest BCUT2D eigenvalue weighted by Gasteiger charge is 2.10. The van der Waals surface area contributed by atoms with Crippen molar-refractivity contribution >= 4 is 27.5 Å². The molecule has 2 rings (SSSR count). The van der Waals surface area contributed by atoms with Crippen molar-refractivity contribution in [1.82, 2.24) is 15.0 Å². The van der Waals surface area contributed by atoms with Crippen LogP contribution in [-0.2, 0) is 0 Å². The van der Waals surface area contributed by atoms with Crippen molar-refractivity contribution < 1.29 is 0 Å². The normalized spacial score (nSPS) is 10.4. The lowest BCUT2D eigenvalue weighted by Crippen LogP contribution is -2.25. The van der Waals surface area contributed by atoms with Crippen molar-refractivity contribution in [3.63, 3.8) is 0 Å². The Labute approximate surface area is 103 Å². The lowest BCUT2D eigenvalue weighted by molar-refractivity contribution is 0.942. The van der Waals surface area contributed by atoms with Crippen molar-refractivity contribution in [1.29, 1.82) is 0 Å². The van der Waals surface area contributed by atoms with Gasteiger partial charge in [0.05, 0.1) is 10.6 Å². The highest BCUT2D eigenvalue weighted by Crippen LogP contribution is 2.31. The minimum absolute atomic E-state index is 0.131. The number of benzene rings is 1. The topological polar surface area (TPSA) is 78.6 Å². The summed E-state index contributed by atoms with van der Waals surface area (Å²) in [5, 5.41) is 0.392. The average Bonchev–Trinajstić information content (AvgIpc) is 2.15. The van der Waals surface area contributed by atoms with Crippen LogP contribution in [0.25, 0.3) is 11.4 Å². The van der Waals surface area contributed by atoms with Crippen LogP contribution in [0.15, 0.2) is 32.3 Å². The van der Waals surface area contributed by atoms with Gasteiger partial charge in [0.1, 0.15) is 5.82 Å². The third kappa shape index (κ3) is 2.07. The minimum atomic E-state index is -0.717. The van der Waals surface area contributed by atoms with E-state index in [0.29, 0.717) is 15.1 Å². The summed E-state index contributed by atoms with van der Waals surface area (Å²) in [6.45, 7) is 0. The molecule has 0 fully saturated rings. The van der Waals surface area contributed by atoms with Crippen molar-refractivity contribution in [3.05, 3.63) is 48.7 Å². The van der Waals surface area contributed by atoms with E-state index in [0.717, 1.165) is 0 Å². The molecule has 0 atom stereocenters. The van der Waals surface area contributed by atoms with E-state index in [-0.39, 0.29) is 5.82 Å². The van der Waals surface area contributed by atoms with Crippen LogP contribution in [0.2, 0.25) is 5.02 Å². The van der Waals surface area contributed by atoms with E-state index in [1.165, 1.54) is 0 Å². The van der Waals surface area contributed by atoms with Crippen LogP contribution >= 0.6 is 27.5 Å². The van der Waals surface area contributed by atoms with Crippen molar-refractivity contribution in [2.75, 3.05) is 0 Å². The predicted molar refractivity (Wildman–Crippen MR) is 63.6 cm³/mol. The van der Waals surface area contributed by atoms with E-state index < -0.39 is 11.4 Å². The van der Waals surface area contributed by atoms with Gasteiger partial charge in [-0.1, -0.05) is 17.7 Å². The van der Waals surface area contributed by atoms with E-state index in [1.807, 2.05) is 4.98 Å². The fourth-order valence-electron chi connectivity index (χ4n) is 1.24. The van der Waals surface area contributed by atoms with Crippen molar-refractivity contribution in [3.8, 4) is 11.4 Å². The zero-order valence-corrected chi connectivity index (χ0v) is 10.1. The molecule has 16 heavy (non-hydrogen) atoms. The molecule has 2 aromatic rings. The molecular formula is C9H5BrClN3O2. The molecule has 0 saturated carbocycles. The maximum Gasteiger partial charge on any atom is 0.351 e. The molecule has 0 spiro atoms. The monoisotopic (exact) mass is 301 g/mol. The Morgan fingerprint density at radius 2 is 2.00 bits per heavy atom. The van der Waals surface area contributed by atoms with Gasteiger partial charge in [-0.3, -0.25) is 9.97 Å². The van der Waals surface area contributed by atoms with Gasteiger partial charge < -0.3 is 0 Å².